The molecule has 0 heterocycles. The van der Waals surface area contributed by atoms with Crippen molar-refractivity contribution in [3.05, 3.63) is 48.0 Å². The molecule has 0 aliphatic carbocycles. The second-order valence-electron chi connectivity index (χ2n) is 8.75. The second-order valence-corrected chi connectivity index (χ2v) is 10.7. The van der Waals surface area contributed by atoms with Crippen LogP contribution in [0.25, 0.3) is 0 Å². The molecule has 2 amide bonds. The zero-order chi connectivity index (χ0) is 28.3. The Kier molecular flexibility index (Phi) is 11.7. The molecule has 2 rings (SSSR count). The normalized spacial score (nSPS) is 11.8. The average Bonchev–Trinajstić information content (AvgIpc) is 2.90. The third-order valence-electron chi connectivity index (χ3n) is 6.06. The molecule has 38 heavy (non-hydrogen) atoms. The van der Waals surface area contributed by atoms with Crippen molar-refractivity contribution in [3.63, 3.8) is 0 Å². The molecule has 0 saturated heterocycles. The molecule has 0 saturated carbocycles. The number of sulfonamides is 1. The minimum Gasteiger partial charge on any atom is -0.497 e. The molecule has 0 fully saturated rings. The van der Waals surface area contributed by atoms with Gasteiger partial charge in [-0.25, -0.2) is 8.42 Å². The van der Waals surface area contributed by atoms with Crippen molar-refractivity contribution in [1.82, 2.24) is 10.2 Å². The highest BCUT2D eigenvalue weighted by atomic mass is 32.2. The zero-order valence-electron chi connectivity index (χ0n) is 23.0. The molecule has 11 heteroatoms. The Hall–Kier alpha value is -3.47. The van der Waals surface area contributed by atoms with Gasteiger partial charge < -0.3 is 24.4 Å². The van der Waals surface area contributed by atoms with E-state index in [1.54, 1.807) is 43.5 Å². The maximum atomic E-state index is 13.8. The first-order valence-corrected chi connectivity index (χ1v) is 14.3. The summed E-state index contributed by atoms with van der Waals surface area (Å²) in [6, 6.07) is 11.1. The molecule has 0 aliphatic heterocycles. The largest absolute Gasteiger partial charge is 0.497 e. The Morgan fingerprint density at radius 3 is 2.11 bits per heavy atom. The third kappa shape index (κ3) is 8.27. The number of benzene rings is 2. The van der Waals surface area contributed by atoms with Crippen LogP contribution in [0, 0.1) is 0 Å². The van der Waals surface area contributed by atoms with Crippen molar-refractivity contribution >= 4 is 27.5 Å². The van der Waals surface area contributed by atoms with Gasteiger partial charge in [0.2, 0.25) is 21.8 Å². The van der Waals surface area contributed by atoms with Crippen LogP contribution in [0.3, 0.4) is 0 Å². The topological polar surface area (TPSA) is 114 Å². The first-order chi connectivity index (χ1) is 18.1. The van der Waals surface area contributed by atoms with Gasteiger partial charge in [-0.05, 0) is 42.7 Å². The summed E-state index contributed by atoms with van der Waals surface area (Å²) in [6.45, 7) is 3.91. The number of anilines is 1. The van der Waals surface area contributed by atoms with E-state index in [0.29, 0.717) is 24.5 Å². The zero-order valence-corrected chi connectivity index (χ0v) is 23.8. The van der Waals surface area contributed by atoms with Gasteiger partial charge in [-0.2, -0.15) is 0 Å². The highest BCUT2D eigenvalue weighted by Crippen LogP contribution is 2.34. The van der Waals surface area contributed by atoms with Crippen molar-refractivity contribution in [1.29, 1.82) is 0 Å². The quantitative estimate of drug-likeness (QED) is 0.339. The van der Waals surface area contributed by atoms with Crippen LogP contribution in [-0.2, 0) is 26.2 Å². The number of rotatable bonds is 15. The molecule has 0 spiro atoms. The number of ether oxygens (including phenoxy) is 3. The van der Waals surface area contributed by atoms with Crippen LogP contribution < -0.4 is 23.8 Å². The number of amides is 2. The van der Waals surface area contributed by atoms with Gasteiger partial charge in [-0.15, -0.1) is 0 Å². The van der Waals surface area contributed by atoms with Crippen molar-refractivity contribution in [2.75, 3.05) is 45.0 Å². The van der Waals surface area contributed by atoms with E-state index < -0.39 is 28.5 Å². The Morgan fingerprint density at radius 1 is 0.947 bits per heavy atom. The summed E-state index contributed by atoms with van der Waals surface area (Å²) in [5.41, 5.74) is 0.927. The van der Waals surface area contributed by atoms with Gasteiger partial charge in [0.05, 0.1) is 33.3 Å². The molecule has 2 aromatic rings. The Morgan fingerprint density at radius 2 is 1.58 bits per heavy atom. The fourth-order valence-electron chi connectivity index (χ4n) is 3.94. The number of hydrogen-bond donors (Lipinski definition) is 1. The molecule has 0 bridgehead atoms. The fourth-order valence-corrected chi connectivity index (χ4v) is 4.78. The van der Waals surface area contributed by atoms with Gasteiger partial charge in [0.1, 0.15) is 29.8 Å². The predicted molar refractivity (Wildman–Crippen MR) is 147 cm³/mol. The van der Waals surface area contributed by atoms with Crippen molar-refractivity contribution in [2.24, 2.45) is 0 Å². The summed E-state index contributed by atoms with van der Waals surface area (Å²) in [7, 11) is 0.511. The van der Waals surface area contributed by atoms with Gasteiger partial charge in [-0.3, -0.25) is 13.9 Å². The lowest BCUT2D eigenvalue weighted by Crippen LogP contribution is -2.52. The lowest BCUT2D eigenvalue weighted by molar-refractivity contribution is -0.140. The summed E-state index contributed by atoms with van der Waals surface area (Å²) >= 11 is 0. The fraction of sp³-hybridized carbons (Fsp3) is 0.481. The maximum absolute atomic E-state index is 13.8. The van der Waals surface area contributed by atoms with E-state index >= 15 is 0 Å². The van der Waals surface area contributed by atoms with Crippen LogP contribution in [0.2, 0.25) is 0 Å². The number of carbonyl (C=O) groups excluding carboxylic acids is 2. The third-order valence-corrected chi connectivity index (χ3v) is 7.19. The van der Waals surface area contributed by atoms with E-state index in [9.17, 15) is 18.0 Å². The molecule has 10 nitrogen and oxygen atoms in total. The first kappa shape index (κ1) is 30.8. The summed E-state index contributed by atoms with van der Waals surface area (Å²) in [6.07, 6.45) is 3.09. The van der Waals surface area contributed by atoms with Crippen LogP contribution in [0.1, 0.15) is 38.7 Å². The SMILES string of the molecule is CCCCNC(=O)C(CC)N(Cc1ccc(OC)cc1)C(=O)CN(c1cc(OC)ccc1OC)S(C)(=O)=O. The van der Waals surface area contributed by atoms with Crippen LogP contribution >= 0.6 is 0 Å². The maximum Gasteiger partial charge on any atom is 0.244 e. The van der Waals surface area contributed by atoms with Crippen molar-refractivity contribution in [2.45, 2.75) is 45.7 Å². The monoisotopic (exact) mass is 549 g/mol. The molecule has 0 aliphatic rings. The molecule has 1 unspecified atom stereocenters. The molecule has 1 atom stereocenters. The Labute approximate surface area is 225 Å². The summed E-state index contributed by atoms with van der Waals surface area (Å²) < 4.78 is 42.6. The van der Waals surface area contributed by atoms with E-state index in [1.807, 2.05) is 13.8 Å². The van der Waals surface area contributed by atoms with Crippen molar-refractivity contribution < 1.29 is 32.2 Å². The molecule has 210 valence electrons. The number of hydrogen-bond acceptors (Lipinski definition) is 7. The van der Waals surface area contributed by atoms with Crippen LogP contribution in [0.5, 0.6) is 17.2 Å². The van der Waals surface area contributed by atoms with Crippen LogP contribution in [0.4, 0.5) is 5.69 Å². The van der Waals surface area contributed by atoms with Gasteiger partial charge in [0.15, 0.2) is 0 Å². The van der Waals surface area contributed by atoms with Gasteiger partial charge >= 0.3 is 0 Å². The summed E-state index contributed by atoms with van der Waals surface area (Å²) in [5.74, 6) is 0.499. The minimum absolute atomic E-state index is 0.107. The van der Waals surface area contributed by atoms with Crippen molar-refractivity contribution in [3.8, 4) is 17.2 Å². The molecular weight excluding hydrogens is 510 g/mol. The van der Waals surface area contributed by atoms with E-state index in [0.717, 1.165) is 29.0 Å². The molecule has 0 aromatic heterocycles. The van der Waals surface area contributed by atoms with Gasteiger partial charge in [-0.1, -0.05) is 32.4 Å². The smallest absolute Gasteiger partial charge is 0.244 e. The number of nitrogens with zero attached hydrogens (tertiary/aromatic N) is 2. The average molecular weight is 550 g/mol. The number of nitrogens with one attached hydrogen (secondary N) is 1. The number of carbonyl (C=O) groups is 2. The number of unbranched alkanes of at least 4 members (excludes halogenated alkanes) is 1. The van der Waals surface area contributed by atoms with E-state index in [-0.39, 0.29) is 23.9 Å². The van der Waals surface area contributed by atoms with Crippen LogP contribution in [0.15, 0.2) is 42.5 Å². The molecule has 1 N–H and O–H groups in total. The Bertz CT molecular complexity index is 1170. The molecule has 0 radical (unpaired) electrons. The van der Waals surface area contributed by atoms with E-state index in [1.165, 1.54) is 25.2 Å². The molecular formula is C27H39N3O7S. The Balaban J connectivity index is 2.49. The lowest BCUT2D eigenvalue weighted by atomic mass is 10.1. The van der Waals surface area contributed by atoms with E-state index in [4.69, 9.17) is 14.2 Å². The van der Waals surface area contributed by atoms with E-state index in [2.05, 4.69) is 5.32 Å². The second kappa shape index (κ2) is 14.5. The van der Waals surface area contributed by atoms with Crippen LogP contribution in [-0.4, -0.2) is 71.8 Å². The van der Waals surface area contributed by atoms with Gasteiger partial charge in [0, 0.05) is 19.2 Å². The standard InChI is InChI=1S/C27H39N3O7S/c1-7-9-16-28-27(32)23(8-2)29(18-20-10-12-21(35-3)13-11-20)26(31)19-30(38(6,33)34)24-17-22(36-4)14-15-25(24)37-5/h10-15,17,23H,7-9,16,18-19H2,1-6H3,(H,28,32). The first-order valence-electron chi connectivity index (χ1n) is 12.5. The summed E-state index contributed by atoms with van der Waals surface area (Å²) in [4.78, 5) is 28.4. The highest BCUT2D eigenvalue weighted by molar-refractivity contribution is 7.92. The summed E-state index contributed by atoms with van der Waals surface area (Å²) in [5, 5.41) is 2.90. The lowest BCUT2D eigenvalue weighted by Gasteiger charge is -2.33. The molecule has 2 aromatic carbocycles. The number of methoxy groups -OCH3 is 3. The predicted octanol–water partition coefficient (Wildman–Crippen LogP) is 3.20. The minimum atomic E-state index is -3.92. The van der Waals surface area contributed by atoms with Gasteiger partial charge in [0.25, 0.3) is 0 Å². The highest BCUT2D eigenvalue weighted by Gasteiger charge is 2.32.